The van der Waals surface area contributed by atoms with Gasteiger partial charge in [-0.25, -0.2) is 14.6 Å². The molecule has 0 unspecified atom stereocenters. The van der Waals surface area contributed by atoms with Crippen molar-refractivity contribution >= 4 is 23.0 Å². The first-order valence-corrected chi connectivity index (χ1v) is 9.24. The Balaban J connectivity index is 1.87. The number of carbonyl (C=O) groups excluding carboxylic acids is 1. The molecule has 27 heavy (non-hydrogen) atoms. The number of rotatable bonds is 6. The lowest BCUT2D eigenvalue weighted by molar-refractivity contribution is 0.0605. The quantitative estimate of drug-likeness (QED) is 0.432. The van der Waals surface area contributed by atoms with Gasteiger partial charge in [-0.1, -0.05) is 43.3 Å². The normalized spacial score (nSPS) is 10.3. The van der Waals surface area contributed by atoms with Crippen molar-refractivity contribution in [3.8, 4) is 16.3 Å². The first-order valence-electron chi connectivity index (χ1n) is 8.42. The zero-order chi connectivity index (χ0) is 19.2. The second kappa shape index (κ2) is 8.47. The van der Waals surface area contributed by atoms with Gasteiger partial charge in [-0.3, -0.25) is 0 Å². The number of aryl methyl sites for hydroxylation is 1. The van der Waals surface area contributed by atoms with E-state index in [0.717, 1.165) is 11.1 Å². The maximum absolute atomic E-state index is 11.9. The standard InChI is InChI=1S/C21H18N2O3S/c1-4-16-19(21(24)25-3)27-20(23-16)15-10-11-18(17(12-15)22-2)26-13-14-8-6-5-7-9-14/h5-12H,4,13H2,1,3H3. The molecule has 1 aromatic heterocycles. The zero-order valence-corrected chi connectivity index (χ0v) is 15.9. The molecule has 0 spiro atoms. The Morgan fingerprint density at radius 2 is 2.00 bits per heavy atom. The first kappa shape index (κ1) is 18.6. The smallest absolute Gasteiger partial charge is 0.349 e. The van der Waals surface area contributed by atoms with Crippen LogP contribution in [0.3, 0.4) is 0 Å². The second-order valence-corrected chi connectivity index (χ2v) is 6.71. The molecule has 0 saturated heterocycles. The summed E-state index contributed by atoms with van der Waals surface area (Å²) in [5.74, 6) is 0.141. The van der Waals surface area contributed by atoms with Crippen LogP contribution in [0.25, 0.3) is 15.4 Å². The molecule has 2 aromatic carbocycles. The van der Waals surface area contributed by atoms with Gasteiger partial charge >= 0.3 is 5.97 Å². The van der Waals surface area contributed by atoms with Gasteiger partial charge in [0.25, 0.3) is 0 Å². The van der Waals surface area contributed by atoms with Crippen LogP contribution in [0.15, 0.2) is 48.5 Å². The molecule has 0 amide bonds. The number of hydrogen-bond donors (Lipinski definition) is 0. The van der Waals surface area contributed by atoms with Crippen molar-refractivity contribution < 1.29 is 14.3 Å². The van der Waals surface area contributed by atoms with Gasteiger partial charge in [0, 0.05) is 5.56 Å². The summed E-state index contributed by atoms with van der Waals surface area (Å²) in [5.41, 5.74) is 2.93. The van der Waals surface area contributed by atoms with Crippen molar-refractivity contribution in [1.29, 1.82) is 0 Å². The molecule has 6 heteroatoms. The van der Waals surface area contributed by atoms with E-state index in [9.17, 15) is 4.79 Å². The molecule has 3 aromatic rings. The highest BCUT2D eigenvalue weighted by Gasteiger charge is 2.19. The van der Waals surface area contributed by atoms with Crippen LogP contribution in [-0.2, 0) is 17.8 Å². The Kier molecular flexibility index (Phi) is 5.84. The van der Waals surface area contributed by atoms with Crippen LogP contribution in [0, 0.1) is 6.57 Å². The fraction of sp³-hybridized carbons (Fsp3) is 0.190. The van der Waals surface area contributed by atoms with E-state index in [1.165, 1.54) is 18.4 Å². The molecule has 0 aliphatic rings. The topological polar surface area (TPSA) is 52.8 Å². The third kappa shape index (κ3) is 4.15. The van der Waals surface area contributed by atoms with Gasteiger partial charge in [0.05, 0.1) is 19.4 Å². The number of thiazole rings is 1. The predicted molar refractivity (Wildman–Crippen MR) is 105 cm³/mol. The Morgan fingerprint density at radius 3 is 2.67 bits per heavy atom. The number of carbonyl (C=O) groups is 1. The van der Waals surface area contributed by atoms with Gasteiger partial charge in [-0.05, 0) is 24.1 Å². The molecule has 1 heterocycles. The number of ether oxygens (including phenoxy) is 2. The van der Waals surface area contributed by atoms with Crippen LogP contribution < -0.4 is 4.74 Å². The highest BCUT2D eigenvalue weighted by molar-refractivity contribution is 7.17. The molecule has 5 nitrogen and oxygen atoms in total. The molecule has 0 saturated carbocycles. The Labute approximate surface area is 162 Å². The van der Waals surface area contributed by atoms with Crippen molar-refractivity contribution in [2.75, 3.05) is 7.11 Å². The maximum atomic E-state index is 11.9. The Hall–Kier alpha value is -3.17. The Morgan fingerprint density at radius 1 is 1.22 bits per heavy atom. The molecule has 0 aliphatic heterocycles. The molecular weight excluding hydrogens is 360 g/mol. The Bertz CT molecular complexity index is 990. The molecule has 136 valence electrons. The summed E-state index contributed by atoms with van der Waals surface area (Å²) in [6, 6.07) is 15.2. The average Bonchev–Trinajstić information content (AvgIpc) is 3.16. The monoisotopic (exact) mass is 378 g/mol. The van der Waals surface area contributed by atoms with Gasteiger partial charge in [0.1, 0.15) is 22.2 Å². The van der Waals surface area contributed by atoms with Crippen LogP contribution in [-0.4, -0.2) is 18.1 Å². The molecule has 0 N–H and O–H groups in total. The maximum Gasteiger partial charge on any atom is 0.349 e. The van der Waals surface area contributed by atoms with Crippen LogP contribution >= 0.6 is 11.3 Å². The summed E-state index contributed by atoms with van der Waals surface area (Å²) in [5, 5.41) is 0.687. The lowest BCUT2D eigenvalue weighted by atomic mass is 10.2. The summed E-state index contributed by atoms with van der Waals surface area (Å²) in [7, 11) is 1.36. The molecular formula is C21H18N2O3S. The lowest BCUT2D eigenvalue weighted by Gasteiger charge is -2.09. The van der Waals surface area contributed by atoms with Gasteiger partial charge in [0.15, 0.2) is 0 Å². The number of aromatic nitrogens is 1. The zero-order valence-electron chi connectivity index (χ0n) is 15.1. The van der Waals surface area contributed by atoms with Gasteiger partial charge < -0.3 is 9.47 Å². The van der Waals surface area contributed by atoms with Crippen molar-refractivity contribution in [3.05, 3.63) is 76.1 Å². The highest BCUT2D eigenvalue weighted by Crippen LogP contribution is 2.36. The van der Waals surface area contributed by atoms with E-state index in [0.29, 0.717) is 40.0 Å². The minimum Gasteiger partial charge on any atom is -0.500 e. The third-order valence-electron chi connectivity index (χ3n) is 3.97. The minimum atomic E-state index is -0.385. The number of nitrogens with zero attached hydrogens (tertiary/aromatic N) is 2. The fourth-order valence-corrected chi connectivity index (χ4v) is 3.63. The van der Waals surface area contributed by atoms with Crippen LogP contribution in [0.1, 0.15) is 27.9 Å². The van der Waals surface area contributed by atoms with E-state index in [4.69, 9.17) is 16.0 Å². The van der Waals surface area contributed by atoms with Crippen molar-refractivity contribution in [2.24, 2.45) is 0 Å². The van der Waals surface area contributed by atoms with Crippen LogP contribution in [0.4, 0.5) is 5.69 Å². The average molecular weight is 378 g/mol. The van der Waals surface area contributed by atoms with E-state index in [2.05, 4.69) is 9.83 Å². The van der Waals surface area contributed by atoms with E-state index in [1.807, 2.05) is 43.3 Å². The minimum absolute atomic E-state index is 0.385. The molecule has 0 radical (unpaired) electrons. The highest BCUT2D eigenvalue weighted by atomic mass is 32.1. The number of esters is 1. The molecule has 3 rings (SSSR count). The SMILES string of the molecule is [C-]#[N+]c1cc(-c2nc(CC)c(C(=O)OC)s2)ccc1OCc1ccccc1. The van der Waals surface area contributed by atoms with Crippen LogP contribution in [0.5, 0.6) is 5.75 Å². The summed E-state index contributed by atoms with van der Waals surface area (Å²) in [4.78, 5) is 20.5. The molecule has 0 bridgehead atoms. The summed E-state index contributed by atoms with van der Waals surface area (Å²) in [6.07, 6.45) is 0.634. The largest absolute Gasteiger partial charge is 0.500 e. The lowest BCUT2D eigenvalue weighted by Crippen LogP contribution is -2.01. The number of hydrogen-bond acceptors (Lipinski definition) is 5. The molecule has 0 atom stereocenters. The summed E-state index contributed by atoms with van der Waals surface area (Å²) in [6.45, 7) is 9.80. The number of methoxy groups -OCH3 is 1. The van der Waals surface area contributed by atoms with Gasteiger partial charge in [0.2, 0.25) is 5.69 Å². The molecule has 0 aliphatic carbocycles. The van der Waals surface area contributed by atoms with E-state index in [1.54, 1.807) is 12.1 Å². The number of benzene rings is 2. The van der Waals surface area contributed by atoms with E-state index in [-0.39, 0.29) is 5.97 Å². The van der Waals surface area contributed by atoms with Crippen molar-refractivity contribution in [3.63, 3.8) is 0 Å². The van der Waals surface area contributed by atoms with E-state index < -0.39 is 0 Å². The fourth-order valence-electron chi connectivity index (χ4n) is 2.56. The van der Waals surface area contributed by atoms with Gasteiger partial charge in [-0.15, -0.1) is 11.3 Å². The second-order valence-electron chi connectivity index (χ2n) is 5.71. The third-order valence-corrected chi connectivity index (χ3v) is 5.09. The van der Waals surface area contributed by atoms with Gasteiger partial charge in [-0.2, -0.15) is 0 Å². The summed E-state index contributed by atoms with van der Waals surface area (Å²) >= 11 is 1.28. The van der Waals surface area contributed by atoms with Crippen molar-refractivity contribution in [2.45, 2.75) is 20.0 Å². The first-order chi connectivity index (χ1) is 13.2. The molecule has 0 fully saturated rings. The van der Waals surface area contributed by atoms with Crippen molar-refractivity contribution in [1.82, 2.24) is 4.98 Å². The van der Waals surface area contributed by atoms with E-state index >= 15 is 0 Å². The summed E-state index contributed by atoms with van der Waals surface area (Å²) < 4.78 is 10.6. The van der Waals surface area contributed by atoms with Crippen LogP contribution in [0.2, 0.25) is 0 Å². The predicted octanol–water partition coefficient (Wildman–Crippen LogP) is 5.29.